The number of halogens is 2. The number of amides is 1. The van der Waals surface area contributed by atoms with Gasteiger partial charge in [-0.05, 0) is 37.3 Å². The average Bonchev–Trinajstić information content (AvgIpc) is 2.54. The highest BCUT2D eigenvalue weighted by atomic mass is 79.9. The van der Waals surface area contributed by atoms with Crippen molar-refractivity contribution in [3.63, 3.8) is 0 Å². The molecule has 2 rings (SSSR count). The minimum absolute atomic E-state index is 0.0704. The van der Waals surface area contributed by atoms with Crippen molar-refractivity contribution in [2.24, 2.45) is 0 Å². The second kappa shape index (κ2) is 7.87. The predicted molar refractivity (Wildman–Crippen MR) is 87.9 cm³/mol. The first-order valence-electron chi connectivity index (χ1n) is 6.90. The summed E-state index contributed by atoms with van der Waals surface area (Å²) < 4.78 is 19.6. The maximum atomic E-state index is 13.6. The first kappa shape index (κ1) is 17.1. The van der Waals surface area contributed by atoms with Gasteiger partial charge in [-0.15, -0.1) is 0 Å². The van der Waals surface area contributed by atoms with Gasteiger partial charge < -0.3 is 10.1 Å². The van der Waals surface area contributed by atoms with Crippen LogP contribution in [-0.4, -0.2) is 18.3 Å². The molecule has 4 nitrogen and oxygen atoms in total. The number of carbonyl (C=O) groups is 2. The van der Waals surface area contributed by atoms with Crippen molar-refractivity contribution in [3.8, 4) is 5.75 Å². The van der Waals surface area contributed by atoms with Gasteiger partial charge in [-0.25, -0.2) is 4.39 Å². The topological polar surface area (TPSA) is 55.4 Å². The van der Waals surface area contributed by atoms with Crippen LogP contribution in [0.2, 0.25) is 0 Å². The van der Waals surface area contributed by atoms with Crippen LogP contribution in [0.5, 0.6) is 5.75 Å². The third-order valence-electron chi connectivity index (χ3n) is 3.09. The molecule has 0 aliphatic heterocycles. The summed E-state index contributed by atoms with van der Waals surface area (Å²) in [7, 11) is 0. The number of carbonyl (C=O) groups excluding carboxylic acids is 2. The Morgan fingerprint density at radius 1 is 1.22 bits per heavy atom. The number of rotatable bonds is 6. The van der Waals surface area contributed by atoms with Crippen LogP contribution in [0.25, 0.3) is 0 Å². The normalized spacial score (nSPS) is 10.2. The van der Waals surface area contributed by atoms with Gasteiger partial charge in [0.1, 0.15) is 11.6 Å². The van der Waals surface area contributed by atoms with E-state index in [1.807, 2.05) is 0 Å². The quantitative estimate of drug-likeness (QED) is 0.781. The number of hydrogen-bond donors (Lipinski definition) is 1. The lowest BCUT2D eigenvalue weighted by molar-refractivity contribution is -0.123. The van der Waals surface area contributed by atoms with Crippen molar-refractivity contribution in [3.05, 3.63) is 63.9 Å². The average molecular weight is 380 g/mol. The molecule has 0 radical (unpaired) electrons. The number of nitrogens with one attached hydrogen (secondary N) is 1. The van der Waals surface area contributed by atoms with Gasteiger partial charge in [0.05, 0.1) is 0 Å². The Balaban J connectivity index is 1.87. The van der Waals surface area contributed by atoms with Crippen LogP contribution < -0.4 is 10.1 Å². The molecule has 0 fully saturated rings. The highest BCUT2D eigenvalue weighted by molar-refractivity contribution is 9.10. The zero-order chi connectivity index (χ0) is 16.8. The van der Waals surface area contributed by atoms with Gasteiger partial charge in [0, 0.05) is 22.1 Å². The molecule has 6 heteroatoms. The summed E-state index contributed by atoms with van der Waals surface area (Å²) in [6, 6.07) is 11.1. The molecule has 23 heavy (non-hydrogen) atoms. The van der Waals surface area contributed by atoms with Crippen molar-refractivity contribution in [1.29, 1.82) is 0 Å². The second-order valence-electron chi connectivity index (χ2n) is 4.89. The Hall–Kier alpha value is -2.21. The Bertz CT molecular complexity index is 734. The second-order valence-corrected chi connectivity index (χ2v) is 5.80. The van der Waals surface area contributed by atoms with E-state index in [4.69, 9.17) is 4.74 Å². The van der Waals surface area contributed by atoms with Crippen LogP contribution >= 0.6 is 15.9 Å². The van der Waals surface area contributed by atoms with E-state index < -0.39 is 0 Å². The van der Waals surface area contributed by atoms with Gasteiger partial charge in [0.25, 0.3) is 5.91 Å². The first-order chi connectivity index (χ1) is 11.0. The minimum atomic E-state index is -0.386. The molecule has 0 saturated carbocycles. The molecule has 0 unspecified atom stereocenters. The van der Waals surface area contributed by atoms with Crippen LogP contribution in [0.4, 0.5) is 4.39 Å². The Kier molecular flexibility index (Phi) is 5.87. The molecular formula is C17H15BrFNO3. The van der Waals surface area contributed by atoms with Gasteiger partial charge in [-0.2, -0.15) is 0 Å². The highest BCUT2D eigenvalue weighted by Crippen LogP contribution is 2.16. The summed E-state index contributed by atoms with van der Waals surface area (Å²) in [5, 5.41) is 2.58. The van der Waals surface area contributed by atoms with Crippen molar-refractivity contribution in [2.75, 3.05) is 6.61 Å². The fourth-order valence-corrected chi connectivity index (χ4v) is 2.29. The molecule has 0 aromatic heterocycles. The molecule has 1 N–H and O–H groups in total. The Morgan fingerprint density at radius 3 is 2.74 bits per heavy atom. The fourth-order valence-electron chi connectivity index (χ4n) is 1.88. The lowest BCUT2D eigenvalue weighted by atomic mass is 10.1. The van der Waals surface area contributed by atoms with E-state index in [1.165, 1.54) is 13.0 Å². The Morgan fingerprint density at radius 2 is 2.00 bits per heavy atom. The number of hydrogen-bond acceptors (Lipinski definition) is 3. The summed E-state index contributed by atoms with van der Waals surface area (Å²) in [6.45, 7) is 1.32. The third-order valence-corrected chi connectivity index (χ3v) is 3.59. The van der Waals surface area contributed by atoms with E-state index in [2.05, 4.69) is 21.2 Å². The number of Topliss-reactive ketones (excluding diaryl/α,β-unsaturated/α-hetero) is 1. The number of benzene rings is 2. The monoisotopic (exact) mass is 379 g/mol. The van der Waals surface area contributed by atoms with Crippen LogP contribution in [0.15, 0.2) is 46.9 Å². The molecule has 0 aliphatic carbocycles. The fraction of sp³-hybridized carbons (Fsp3) is 0.176. The van der Waals surface area contributed by atoms with Crippen molar-refractivity contribution >= 4 is 27.6 Å². The molecule has 0 spiro atoms. The molecule has 0 atom stereocenters. The van der Waals surface area contributed by atoms with Crippen molar-refractivity contribution in [1.82, 2.24) is 5.32 Å². The van der Waals surface area contributed by atoms with Gasteiger partial charge in [-0.3, -0.25) is 9.59 Å². The number of ether oxygens (including phenoxy) is 1. The Labute approximate surface area is 141 Å². The molecule has 0 saturated heterocycles. The van der Waals surface area contributed by atoms with Crippen LogP contribution in [0, 0.1) is 5.82 Å². The van der Waals surface area contributed by atoms with Gasteiger partial charge in [0.2, 0.25) is 0 Å². The lowest BCUT2D eigenvalue weighted by Gasteiger charge is -2.09. The zero-order valence-electron chi connectivity index (χ0n) is 12.4. The molecule has 120 valence electrons. The molecule has 0 heterocycles. The smallest absolute Gasteiger partial charge is 0.258 e. The molecule has 1 amide bonds. The lowest BCUT2D eigenvalue weighted by Crippen LogP contribution is -2.28. The summed E-state index contributed by atoms with van der Waals surface area (Å²) in [5.41, 5.74) is 0.894. The maximum absolute atomic E-state index is 13.6. The van der Waals surface area contributed by atoms with Gasteiger partial charge in [-0.1, -0.05) is 28.1 Å². The van der Waals surface area contributed by atoms with Crippen molar-refractivity contribution < 1.29 is 18.7 Å². The SMILES string of the molecule is CC(=O)c1cccc(OCC(=O)NCc2cc(Br)ccc2F)c1. The van der Waals surface area contributed by atoms with Gasteiger partial charge >= 0.3 is 0 Å². The van der Waals surface area contributed by atoms with E-state index in [0.29, 0.717) is 16.9 Å². The molecule has 0 bridgehead atoms. The molecular weight excluding hydrogens is 365 g/mol. The predicted octanol–water partition coefficient (Wildman–Crippen LogP) is 3.49. The van der Waals surface area contributed by atoms with E-state index in [9.17, 15) is 14.0 Å². The van der Waals surface area contributed by atoms with E-state index in [1.54, 1.807) is 36.4 Å². The van der Waals surface area contributed by atoms with Gasteiger partial charge in [0.15, 0.2) is 12.4 Å². The highest BCUT2D eigenvalue weighted by Gasteiger charge is 2.07. The standard InChI is InChI=1S/C17H15BrFNO3/c1-11(21)12-3-2-4-15(8-12)23-10-17(22)20-9-13-7-14(18)5-6-16(13)19/h2-8H,9-10H2,1H3,(H,20,22). The van der Waals surface area contributed by atoms with Crippen molar-refractivity contribution in [2.45, 2.75) is 13.5 Å². The first-order valence-corrected chi connectivity index (χ1v) is 7.69. The minimum Gasteiger partial charge on any atom is -0.484 e. The summed E-state index contributed by atoms with van der Waals surface area (Å²) in [4.78, 5) is 23.0. The largest absolute Gasteiger partial charge is 0.484 e. The molecule has 2 aromatic rings. The zero-order valence-corrected chi connectivity index (χ0v) is 14.0. The van der Waals surface area contributed by atoms with E-state index in [0.717, 1.165) is 4.47 Å². The maximum Gasteiger partial charge on any atom is 0.258 e. The summed E-state index contributed by atoms with van der Waals surface area (Å²) >= 11 is 3.25. The van der Waals surface area contributed by atoms with E-state index in [-0.39, 0.29) is 30.7 Å². The van der Waals surface area contributed by atoms with E-state index >= 15 is 0 Å². The molecule has 0 aliphatic rings. The summed E-state index contributed by atoms with van der Waals surface area (Å²) in [5.74, 6) is -0.410. The third kappa shape index (κ3) is 5.17. The molecule has 2 aromatic carbocycles. The summed E-state index contributed by atoms with van der Waals surface area (Å²) in [6.07, 6.45) is 0. The van der Waals surface area contributed by atoms with Crippen LogP contribution in [0.1, 0.15) is 22.8 Å². The van der Waals surface area contributed by atoms with Crippen LogP contribution in [-0.2, 0) is 11.3 Å². The van der Waals surface area contributed by atoms with Crippen LogP contribution in [0.3, 0.4) is 0 Å². The number of ketones is 1.